The molecule has 4 bridgehead atoms. The van der Waals surface area contributed by atoms with Gasteiger partial charge in [-0.1, -0.05) is 0 Å². The first-order valence-corrected chi connectivity index (χ1v) is 21.6. The normalized spacial score (nSPS) is 31.7. The number of rotatable bonds is 12. The lowest BCUT2D eigenvalue weighted by molar-refractivity contribution is -0.979. The number of fused-ring (bicyclic) bond motifs is 4. The van der Waals surface area contributed by atoms with Gasteiger partial charge in [-0.25, -0.2) is 0 Å². The van der Waals surface area contributed by atoms with Crippen molar-refractivity contribution in [2.45, 2.75) is 154 Å². The first-order valence-electron chi connectivity index (χ1n) is 21.6. The number of hydrogen-bond acceptors (Lipinski definition) is 12. The number of esters is 6. The van der Waals surface area contributed by atoms with Gasteiger partial charge in [0.25, 0.3) is 0 Å². The number of benzene rings is 2. The van der Waals surface area contributed by atoms with Gasteiger partial charge in [-0.15, -0.1) is 0 Å². The molecule has 0 spiro atoms. The summed E-state index contributed by atoms with van der Waals surface area (Å²) in [5.41, 5.74) is 1.92. The fraction of sp³-hybridized carbons (Fsp3) is 0.609. The van der Waals surface area contributed by atoms with Crippen molar-refractivity contribution in [3.05, 3.63) is 47.5 Å². The zero-order chi connectivity index (χ0) is 42.9. The molecule has 5 aliphatic rings. The molecular weight excluding hydrogens is 773 g/mol. The van der Waals surface area contributed by atoms with E-state index in [-0.39, 0.29) is 71.3 Å². The average Bonchev–Trinajstić information content (AvgIpc) is 3.10. The van der Waals surface area contributed by atoms with E-state index in [0.717, 1.165) is 84.3 Å². The number of nitrogens with zero attached hydrogens (tertiary/aromatic N) is 2. The summed E-state index contributed by atoms with van der Waals surface area (Å²) in [6.45, 7) is 6.59. The fourth-order valence-electron chi connectivity index (χ4n) is 11.1. The molecule has 6 unspecified atom stereocenters. The lowest BCUT2D eigenvalue weighted by Gasteiger charge is -2.55. The van der Waals surface area contributed by atoms with Crippen molar-refractivity contribution >= 4 is 35.8 Å². The van der Waals surface area contributed by atoms with E-state index in [9.17, 15) is 28.8 Å². The van der Waals surface area contributed by atoms with Crippen molar-refractivity contribution in [2.75, 3.05) is 14.1 Å². The minimum atomic E-state index is -0.501. The van der Waals surface area contributed by atoms with Crippen LogP contribution in [0.15, 0.2) is 36.4 Å². The molecule has 10 atom stereocenters. The molecule has 324 valence electrons. The van der Waals surface area contributed by atoms with Crippen LogP contribution in [0.3, 0.4) is 0 Å². The molecule has 0 radical (unpaired) electrons. The second-order valence-corrected chi connectivity index (χ2v) is 18.3. The Morgan fingerprint density at radius 2 is 0.800 bits per heavy atom. The largest absolute Gasteiger partial charge is 0.462 e. The van der Waals surface area contributed by atoms with Crippen LogP contribution < -0.4 is 18.9 Å². The molecule has 4 aliphatic heterocycles. The molecular formula is C46H60N2O12+2. The van der Waals surface area contributed by atoms with Gasteiger partial charge in [0.2, 0.25) is 0 Å². The fourth-order valence-corrected chi connectivity index (χ4v) is 11.1. The van der Waals surface area contributed by atoms with E-state index in [0.29, 0.717) is 25.9 Å². The maximum absolute atomic E-state index is 13.7. The summed E-state index contributed by atoms with van der Waals surface area (Å²) >= 11 is 0. The molecule has 1 saturated carbocycles. The van der Waals surface area contributed by atoms with E-state index in [4.69, 9.17) is 28.4 Å². The molecule has 0 amide bonds. The Hall–Kier alpha value is -4.82. The van der Waals surface area contributed by atoms with Gasteiger partial charge in [0.05, 0.1) is 50.1 Å². The highest BCUT2D eigenvalue weighted by Crippen LogP contribution is 2.46. The van der Waals surface area contributed by atoms with Gasteiger partial charge in [0, 0.05) is 64.5 Å². The summed E-state index contributed by atoms with van der Waals surface area (Å²) in [7, 11) is 4.51. The minimum Gasteiger partial charge on any atom is -0.462 e. The van der Waals surface area contributed by atoms with Crippen molar-refractivity contribution < 1.29 is 66.2 Å². The molecule has 4 saturated heterocycles. The summed E-state index contributed by atoms with van der Waals surface area (Å²) in [6, 6.07) is 11.7. The number of quaternary nitrogens is 2. The molecule has 1 aliphatic carbocycles. The topological polar surface area (TPSA) is 158 Å². The second kappa shape index (κ2) is 17.6. The van der Waals surface area contributed by atoms with E-state index in [2.05, 4.69) is 14.1 Å². The second-order valence-electron chi connectivity index (χ2n) is 18.3. The van der Waals surface area contributed by atoms with Crippen LogP contribution in [0.5, 0.6) is 23.0 Å². The van der Waals surface area contributed by atoms with Crippen molar-refractivity contribution in [1.82, 2.24) is 0 Å². The Kier molecular flexibility index (Phi) is 12.7. The summed E-state index contributed by atoms with van der Waals surface area (Å²) in [6.07, 6.45) is 9.89. The minimum absolute atomic E-state index is 0.202. The van der Waals surface area contributed by atoms with Crippen molar-refractivity contribution in [1.29, 1.82) is 0 Å². The van der Waals surface area contributed by atoms with E-state index in [1.165, 1.54) is 27.7 Å². The van der Waals surface area contributed by atoms with Crippen LogP contribution in [0, 0.1) is 11.8 Å². The van der Waals surface area contributed by atoms with Gasteiger partial charge in [-0.3, -0.25) is 28.8 Å². The van der Waals surface area contributed by atoms with E-state index in [1.807, 2.05) is 12.1 Å². The van der Waals surface area contributed by atoms with Crippen LogP contribution in [0.4, 0.5) is 0 Å². The molecule has 0 aromatic heterocycles. The molecule has 7 rings (SSSR count). The summed E-state index contributed by atoms with van der Waals surface area (Å²) < 4.78 is 35.4. The smallest absolute Gasteiger partial charge is 0.310 e. The third-order valence-electron chi connectivity index (χ3n) is 14.1. The maximum atomic E-state index is 13.7. The molecule has 2 aromatic rings. The molecule has 60 heavy (non-hydrogen) atoms. The monoisotopic (exact) mass is 832 g/mol. The molecule has 14 heteroatoms. The van der Waals surface area contributed by atoms with Crippen LogP contribution in [0.1, 0.15) is 116 Å². The zero-order valence-electron chi connectivity index (χ0n) is 35.8. The standard InChI is InChI=1S/C46H60N2O12/c1-27(49)55-41-17-13-31(19-43(41)57-29(3)51)25-47(5)33-9-7-10-34(47)22-37(21-33)59-45(53)39-15-16-40(39)46(54)60-38-23-35-11-8-12-36(24-38)48(35,6)26-32-14-18-42(56-28(2)50)44(20-32)58-30(4)52/h13-14,17-20,33-40H,7-12,15-16,21-26H2,1-6H3/q+2/t33-,34+,35-,36+,37?,38?,39?,40?,47?,48?. The van der Waals surface area contributed by atoms with Crippen LogP contribution in [0.2, 0.25) is 0 Å². The molecule has 0 N–H and O–H groups in total. The Balaban J connectivity index is 0.942. The first-order chi connectivity index (χ1) is 28.5. The Bertz CT molecular complexity index is 1840. The van der Waals surface area contributed by atoms with E-state index in [1.54, 1.807) is 24.3 Å². The SMILES string of the molecule is CC(=O)Oc1ccc(C[N+]2(C)[C@@H]3CCC[C@H]2CC(OC(=O)C2CCC2C(=O)OC2C[C@H]4CCC[C@@H](C2)[N+]4(C)Cc2ccc(OC(C)=O)c(OC(C)=O)c2)C3)cc1OC(C)=O. The lowest BCUT2D eigenvalue weighted by Crippen LogP contribution is -2.65. The summed E-state index contributed by atoms with van der Waals surface area (Å²) in [4.78, 5) is 74.4. The Morgan fingerprint density at radius 1 is 0.483 bits per heavy atom. The number of piperidine rings is 4. The number of ether oxygens (including phenoxy) is 6. The summed E-state index contributed by atoms with van der Waals surface area (Å²) in [5, 5.41) is 0. The third kappa shape index (κ3) is 9.39. The molecule has 4 heterocycles. The quantitative estimate of drug-likeness (QED) is 0.135. The average molecular weight is 833 g/mol. The van der Waals surface area contributed by atoms with Gasteiger partial charge < -0.3 is 37.4 Å². The van der Waals surface area contributed by atoms with Crippen LogP contribution in [0.25, 0.3) is 0 Å². The Labute approximate surface area is 351 Å². The van der Waals surface area contributed by atoms with Crippen LogP contribution in [-0.2, 0) is 51.3 Å². The first kappa shape index (κ1) is 43.3. The molecule has 14 nitrogen and oxygen atoms in total. The highest BCUT2D eigenvalue weighted by molar-refractivity contribution is 5.84. The van der Waals surface area contributed by atoms with Gasteiger partial charge in [-0.2, -0.15) is 0 Å². The predicted octanol–water partition coefficient (Wildman–Crippen LogP) is 6.26. The lowest BCUT2D eigenvalue weighted by atomic mass is 9.73. The Morgan fingerprint density at radius 3 is 1.10 bits per heavy atom. The van der Waals surface area contributed by atoms with Gasteiger partial charge >= 0.3 is 35.8 Å². The van der Waals surface area contributed by atoms with Crippen molar-refractivity contribution in [3.8, 4) is 23.0 Å². The predicted molar refractivity (Wildman–Crippen MR) is 215 cm³/mol. The van der Waals surface area contributed by atoms with Gasteiger partial charge in [0.15, 0.2) is 23.0 Å². The van der Waals surface area contributed by atoms with Crippen LogP contribution in [-0.4, -0.2) is 95.3 Å². The maximum Gasteiger partial charge on any atom is 0.310 e. The van der Waals surface area contributed by atoms with Gasteiger partial charge in [-0.05, 0) is 87.8 Å². The van der Waals surface area contributed by atoms with Crippen LogP contribution >= 0.6 is 0 Å². The number of hydrogen-bond donors (Lipinski definition) is 0. The molecule has 5 fully saturated rings. The third-order valence-corrected chi connectivity index (χ3v) is 14.1. The zero-order valence-corrected chi connectivity index (χ0v) is 35.8. The van der Waals surface area contributed by atoms with Crippen molar-refractivity contribution in [2.24, 2.45) is 11.8 Å². The highest BCUT2D eigenvalue weighted by atomic mass is 16.6. The highest BCUT2D eigenvalue weighted by Gasteiger charge is 2.53. The number of carbonyl (C=O) groups is 6. The summed E-state index contributed by atoms with van der Waals surface area (Å²) in [5.74, 6) is -2.77. The van der Waals surface area contributed by atoms with Crippen molar-refractivity contribution in [3.63, 3.8) is 0 Å². The van der Waals surface area contributed by atoms with E-state index < -0.39 is 35.7 Å². The van der Waals surface area contributed by atoms with Gasteiger partial charge in [0.1, 0.15) is 25.3 Å². The van der Waals surface area contributed by atoms with E-state index >= 15 is 0 Å². The number of carbonyl (C=O) groups excluding carboxylic acids is 6. The molecule has 2 aromatic carbocycles.